The maximum atomic E-state index is 13.9. The van der Waals surface area contributed by atoms with Gasteiger partial charge in [0.2, 0.25) is 11.8 Å². The average Bonchev–Trinajstić information content (AvgIpc) is 2.94. The maximum Gasteiger partial charge on any atom is 0.416 e. The van der Waals surface area contributed by atoms with E-state index in [4.69, 9.17) is 11.6 Å². The number of rotatable bonds is 11. The monoisotopic (exact) mass is 609 g/mol. The van der Waals surface area contributed by atoms with Crippen LogP contribution < -0.4 is 9.62 Å². The van der Waals surface area contributed by atoms with E-state index in [1.165, 1.54) is 36.1 Å². The molecule has 0 aliphatic carbocycles. The first-order chi connectivity index (χ1) is 19.3. The lowest BCUT2D eigenvalue weighted by Crippen LogP contribution is -2.51. The highest BCUT2D eigenvalue weighted by atomic mass is 35.5. The van der Waals surface area contributed by atoms with E-state index in [2.05, 4.69) is 5.32 Å². The molecule has 0 radical (unpaired) electrons. The Morgan fingerprint density at radius 3 is 2.22 bits per heavy atom. The first-order valence-corrected chi connectivity index (χ1v) is 14.6. The standard InChI is InChI=1S/C29H31ClF3N3O4S/c1-4-16-34-28(38)21(3)35(18-22-12-10-20(2)11-13-22)27(37)19-36(41(39,40)24-8-6-5-7-9-24)26-17-23(29(31,32)33)14-15-25(26)30/h5-15,17,21H,4,16,18-19H2,1-3H3,(H,34,38). The Kier molecular flexibility index (Phi) is 10.4. The van der Waals surface area contributed by atoms with Gasteiger partial charge in [-0.3, -0.25) is 13.9 Å². The number of carbonyl (C=O) groups excluding carboxylic acids is 2. The third kappa shape index (κ3) is 8.01. The summed E-state index contributed by atoms with van der Waals surface area (Å²) in [4.78, 5) is 27.7. The number of benzene rings is 3. The molecule has 3 aromatic rings. The number of carbonyl (C=O) groups is 2. The summed E-state index contributed by atoms with van der Waals surface area (Å²) in [7, 11) is -4.57. The molecule has 2 amide bonds. The van der Waals surface area contributed by atoms with Crippen molar-refractivity contribution in [2.45, 2.75) is 50.9 Å². The fraction of sp³-hybridized carbons (Fsp3) is 0.310. The lowest BCUT2D eigenvalue weighted by atomic mass is 10.1. The molecule has 1 N–H and O–H groups in total. The smallest absolute Gasteiger partial charge is 0.354 e. The Balaban J connectivity index is 2.11. The van der Waals surface area contributed by atoms with Crippen LogP contribution in [0.5, 0.6) is 0 Å². The number of amides is 2. The van der Waals surface area contributed by atoms with E-state index in [0.717, 1.165) is 17.7 Å². The molecule has 0 heterocycles. The molecule has 41 heavy (non-hydrogen) atoms. The SMILES string of the molecule is CCCNC(=O)C(C)N(Cc1ccc(C)cc1)C(=O)CN(c1cc(C(F)(F)F)ccc1Cl)S(=O)(=O)c1ccccc1. The Hall–Kier alpha value is -3.57. The summed E-state index contributed by atoms with van der Waals surface area (Å²) in [5, 5.41) is 2.42. The minimum atomic E-state index is -4.80. The quantitative estimate of drug-likeness (QED) is 0.297. The molecule has 1 atom stereocenters. The molecule has 3 rings (SSSR count). The number of nitrogens with zero attached hydrogens (tertiary/aromatic N) is 2. The van der Waals surface area contributed by atoms with Crippen LogP contribution in [0.1, 0.15) is 37.0 Å². The molecular weight excluding hydrogens is 579 g/mol. The summed E-state index contributed by atoms with van der Waals surface area (Å²) in [5.74, 6) is -1.26. The summed E-state index contributed by atoms with van der Waals surface area (Å²) in [6.07, 6.45) is -4.14. The van der Waals surface area contributed by atoms with Gasteiger partial charge in [0.1, 0.15) is 12.6 Å². The molecule has 1 unspecified atom stereocenters. The molecule has 12 heteroatoms. The van der Waals surface area contributed by atoms with Crippen LogP contribution in [0, 0.1) is 6.92 Å². The fourth-order valence-corrected chi connectivity index (χ4v) is 5.70. The highest BCUT2D eigenvalue weighted by molar-refractivity contribution is 7.92. The number of hydrogen-bond donors (Lipinski definition) is 1. The van der Waals surface area contributed by atoms with E-state index in [1.807, 2.05) is 26.0 Å². The largest absolute Gasteiger partial charge is 0.416 e. The van der Waals surface area contributed by atoms with E-state index < -0.39 is 51.9 Å². The predicted octanol–water partition coefficient (Wildman–Crippen LogP) is 5.81. The van der Waals surface area contributed by atoms with E-state index >= 15 is 0 Å². The molecule has 0 saturated carbocycles. The van der Waals surface area contributed by atoms with Crippen LogP contribution >= 0.6 is 11.6 Å². The van der Waals surface area contributed by atoms with Gasteiger partial charge in [0.15, 0.2) is 0 Å². The third-order valence-corrected chi connectivity index (χ3v) is 8.44. The van der Waals surface area contributed by atoms with Crippen LogP contribution in [0.15, 0.2) is 77.7 Å². The highest BCUT2D eigenvalue weighted by Gasteiger charge is 2.36. The van der Waals surface area contributed by atoms with Crippen molar-refractivity contribution in [1.29, 1.82) is 0 Å². The molecule has 0 fully saturated rings. The molecule has 0 spiro atoms. The van der Waals surface area contributed by atoms with Crippen LogP contribution in [0.4, 0.5) is 18.9 Å². The van der Waals surface area contributed by atoms with Gasteiger partial charge in [0.05, 0.1) is 21.2 Å². The van der Waals surface area contributed by atoms with E-state index in [1.54, 1.807) is 18.2 Å². The third-order valence-electron chi connectivity index (χ3n) is 6.34. The van der Waals surface area contributed by atoms with Crippen molar-refractivity contribution in [3.05, 3.63) is 94.5 Å². The Bertz CT molecular complexity index is 1470. The lowest BCUT2D eigenvalue weighted by Gasteiger charge is -2.32. The molecule has 0 saturated heterocycles. The normalized spacial score (nSPS) is 12.5. The second-order valence-electron chi connectivity index (χ2n) is 9.46. The Morgan fingerprint density at radius 1 is 1.00 bits per heavy atom. The molecule has 0 aromatic heterocycles. The zero-order valence-corrected chi connectivity index (χ0v) is 24.4. The molecule has 220 valence electrons. The van der Waals surface area contributed by atoms with Gasteiger partial charge in [-0.05, 0) is 56.2 Å². The van der Waals surface area contributed by atoms with Crippen molar-refractivity contribution in [2.24, 2.45) is 0 Å². The number of aryl methyl sites for hydroxylation is 1. The number of nitrogens with one attached hydrogen (secondary N) is 1. The van der Waals surface area contributed by atoms with Gasteiger partial charge in [0, 0.05) is 13.1 Å². The molecule has 0 aliphatic rings. The van der Waals surface area contributed by atoms with Crippen molar-refractivity contribution >= 4 is 39.1 Å². The van der Waals surface area contributed by atoms with Crippen molar-refractivity contribution in [2.75, 3.05) is 17.4 Å². The summed E-state index contributed by atoms with van der Waals surface area (Å²) in [5.41, 5.74) is -0.00755. The second-order valence-corrected chi connectivity index (χ2v) is 11.7. The van der Waals surface area contributed by atoms with Crippen LogP contribution in [-0.4, -0.2) is 44.3 Å². The number of alkyl halides is 3. The Morgan fingerprint density at radius 2 is 1.63 bits per heavy atom. The summed E-state index contributed by atoms with van der Waals surface area (Å²) in [6, 6.07) is 15.4. The van der Waals surface area contributed by atoms with Gasteiger partial charge >= 0.3 is 6.18 Å². The highest BCUT2D eigenvalue weighted by Crippen LogP contribution is 2.37. The number of hydrogen-bond acceptors (Lipinski definition) is 4. The van der Waals surface area contributed by atoms with Gasteiger partial charge < -0.3 is 10.2 Å². The maximum absolute atomic E-state index is 13.9. The predicted molar refractivity (Wildman–Crippen MR) is 152 cm³/mol. The van der Waals surface area contributed by atoms with Crippen molar-refractivity contribution in [3.63, 3.8) is 0 Å². The lowest BCUT2D eigenvalue weighted by molar-refractivity contribution is -0.139. The zero-order valence-electron chi connectivity index (χ0n) is 22.8. The minimum Gasteiger partial charge on any atom is -0.354 e. The number of anilines is 1. The van der Waals surface area contributed by atoms with Gasteiger partial charge in [-0.1, -0.05) is 66.6 Å². The summed E-state index contributed by atoms with van der Waals surface area (Å²) >= 11 is 6.25. The summed E-state index contributed by atoms with van der Waals surface area (Å²) < 4.78 is 68.9. The average molecular weight is 610 g/mol. The minimum absolute atomic E-state index is 0.0463. The Labute approximate surface area is 243 Å². The van der Waals surface area contributed by atoms with Gasteiger partial charge in [-0.2, -0.15) is 13.2 Å². The van der Waals surface area contributed by atoms with Gasteiger partial charge in [-0.15, -0.1) is 0 Å². The number of sulfonamides is 1. The fourth-order valence-electron chi connectivity index (χ4n) is 3.98. The van der Waals surface area contributed by atoms with E-state index in [-0.39, 0.29) is 16.5 Å². The molecule has 0 aliphatic heterocycles. The van der Waals surface area contributed by atoms with Crippen LogP contribution in [0.2, 0.25) is 5.02 Å². The van der Waals surface area contributed by atoms with Crippen LogP contribution in [-0.2, 0) is 32.3 Å². The first kappa shape index (κ1) is 32.0. The van der Waals surface area contributed by atoms with Crippen LogP contribution in [0.3, 0.4) is 0 Å². The van der Waals surface area contributed by atoms with E-state index in [0.29, 0.717) is 28.9 Å². The summed E-state index contributed by atoms with van der Waals surface area (Å²) in [6.45, 7) is 4.67. The molecule has 0 bridgehead atoms. The second kappa shape index (κ2) is 13.4. The van der Waals surface area contributed by atoms with Crippen molar-refractivity contribution in [1.82, 2.24) is 10.2 Å². The topological polar surface area (TPSA) is 86.8 Å². The molecule has 3 aromatic carbocycles. The molecule has 7 nitrogen and oxygen atoms in total. The molecular formula is C29H31ClF3N3O4S. The van der Waals surface area contributed by atoms with Crippen LogP contribution in [0.25, 0.3) is 0 Å². The number of halogens is 4. The van der Waals surface area contributed by atoms with Gasteiger partial charge in [0.25, 0.3) is 10.0 Å². The zero-order chi connectivity index (χ0) is 30.4. The van der Waals surface area contributed by atoms with Crippen molar-refractivity contribution < 1.29 is 31.2 Å². The first-order valence-electron chi connectivity index (χ1n) is 12.8. The van der Waals surface area contributed by atoms with Gasteiger partial charge in [-0.25, -0.2) is 8.42 Å². The van der Waals surface area contributed by atoms with E-state index in [9.17, 15) is 31.2 Å². The van der Waals surface area contributed by atoms with Crippen molar-refractivity contribution in [3.8, 4) is 0 Å².